The summed E-state index contributed by atoms with van der Waals surface area (Å²) in [5.74, 6) is -11.0. The molecule has 6 aromatic rings. The van der Waals surface area contributed by atoms with E-state index in [4.69, 9.17) is 23.1 Å². The Morgan fingerprint density at radius 2 is 1.03 bits per heavy atom. The number of pyridine rings is 1. The lowest BCUT2D eigenvalue weighted by atomic mass is 9.99. The van der Waals surface area contributed by atoms with Crippen LogP contribution in [0.4, 0.5) is 21.0 Å². The molecule has 0 spiro atoms. The van der Waals surface area contributed by atoms with Crippen molar-refractivity contribution in [3.63, 3.8) is 0 Å². The van der Waals surface area contributed by atoms with Gasteiger partial charge in [0.1, 0.15) is 66.5 Å². The smallest absolute Gasteiger partial charge is 0.322 e. The SMILES string of the molecule is CC(=O)N[C@H](Cc1ccc2ccccc2c1)C(=O)N[C@H](Cc1ccc(Cl)cc1)C(=O)N[C@H](Cc1cccnc1)C(=O)NC(CO)C(=O)N[C@@H](Cc1ccc(NC(=O)[C@@H]2CC(=O)NC(=O)N2)cc1)C(=O)N[C@H](Cc1ccc(NC(N)=O)cc1)C(=O)N[C@@H](CC(C)C)C(=O)N[C@@H](CCCCNC(C)C)C(=O)N1CCC[C@H]1C(=O)N[C@H](C)C(N)=O. The van der Waals surface area contributed by atoms with E-state index in [0.29, 0.717) is 53.1 Å². The van der Waals surface area contributed by atoms with Crippen LogP contribution in [0.1, 0.15) is 114 Å². The molecule has 0 aliphatic carbocycles. The van der Waals surface area contributed by atoms with Crippen molar-refractivity contribution in [2.24, 2.45) is 17.4 Å². The highest BCUT2D eigenvalue weighted by Gasteiger charge is 2.41. The van der Waals surface area contributed by atoms with Crippen LogP contribution in [0.25, 0.3) is 10.8 Å². The molecule has 3 heterocycles. The summed E-state index contributed by atoms with van der Waals surface area (Å²) in [7, 11) is 0. The van der Waals surface area contributed by atoms with Crippen molar-refractivity contribution in [3.8, 4) is 0 Å². The summed E-state index contributed by atoms with van der Waals surface area (Å²) in [6, 6.07) is 17.3. The van der Waals surface area contributed by atoms with Crippen molar-refractivity contribution in [2.75, 3.05) is 30.3 Å². The van der Waals surface area contributed by atoms with Gasteiger partial charge in [0.05, 0.1) is 13.0 Å². The highest BCUT2D eigenvalue weighted by molar-refractivity contribution is 6.30. The Morgan fingerprint density at radius 3 is 1.54 bits per heavy atom. The third-order valence-corrected chi connectivity index (χ3v) is 19.7. The summed E-state index contributed by atoms with van der Waals surface area (Å²) >= 11 is 6.27. The number of halogens is 1. The number of imide groups is 1. The van der Waals surface area contributed by atoms with Crippen molar-refractivity contribution in [2.45, 2.75) is 191 Å². The minimum atomic E-state index is -1.92. The first kappa shape index (κ1) is 90.1. The zero-order chi connectivity index (χ0) is 85.0. The molecule has 34 nitrogen and oxygen atoms in total. The van der Waals surface area contributed by atoms with E-state index < -0.39 is 168 Å². The topological polar surface area (TPSA) is 513 Å². The Bertz CT molecular complexity index is 4520. The predicted molar refractivity (Wildman–Crippen MR) is 434 cm³/mol. The zero-order valence-corrected chi connectivity index (χ0v) is 66.6. The van der Waals surface area contributed by atoms with Crippen LogP contribution in [-0.4, -0.2) is 196 Å². The number of rotatable bonds is 41. The number of aliphatic hydroxyl groups is 1. The first-order valence-electron chi connectivity index (χ1n) is 38.7. The van der Waals surface area contributed by atoms with Gasteiger partial charge in [0.25, 0.3) is 0 Å². The summed E-state index contributed by atoms with van der Waals surface area (Å²) in [5.41, 5.74) is 13.6. The molecule has 0 bridgehead atoms. The molecule has 624 valence electrons. The maximum absolute atomic E-state index is 15.5. The third kappa shape index (κ3) is 28.5. The fourth-order valence-corrected chi connectivity index (χ4v) is 13.5. The van der Waals surface area contributed by atoms with Crippen molar-refractivity contribution in [1.82, 2.24) is 73.7 Å². The molecular formula is C82H103ClN18O16. The standard InChI is InChI=1S/C82H103ClN18O16/c1-45(2)35-60(72(107)92-59(16-9-10-33-87-46(3)4)80(115)101-34-12-17-68(101)79(114)88-47(5)70(84)105)93-74(109)63(38-51-23-30-58(31-24-51)91-81(85)116)95-76(111)64(39-50-21-28-57(29-22-50)90-71(106)66-42-69(104)100-82(117)99-66)97-78(113)67(44-102)98-77(112)65(41-53-13-11-32-86-43-53)96-75(110)62(37-49-19-26-56(83)27-20-49)94-73(108)61(89-48(6)103)40-52-18-25-54-14-7-8-15-55(54)36-52/h7-8,11,13-15,18-32,36,43,45-47,59-68,87,102H,9-10,12,16-17,33-35,37-42,44H2,1-6H3,(H2,84,105)(H,88,114)(H,89,103)(H,90,106)(H,92,107)(H,93,109)(H,94,108)(H,95,111)(H,96,110)(H,97,113)(H,98,112)(H3,85,91,116)(H2,99,100,104,117)/t47-,59+,60+,61-,62-,63-,64+,65-,66+,67?,68+/m1/s1. The number of anilines is 2. The molecule has 19 N–H and O–H groups in total. The van der Waals surface area contributed by atoms with E-state index in [1.54, 1.807) is 50.2 Å². The van der Waals surface area contributed by atoms with Crippen molar-refractivity contribution in [3.05, 3.63) is 173 Å². The summed E-state index contributed by atoms with van der Waals surface area (Å²) in [5, 5.41) is 50.4. The Kier molecular flexibility index (Phi) is 33.8. The second-order valence-electron chi connectivity index (χ2n) is 29.8. The van der Waals surface area contributed by atoms with Gasteiger partial charge in [0.2, 0.25) is 76.8 Å². The van der Waals surface area contributed by atoms with Gasteiger partial charge in [-0.05, 0) is 139 Å². The van der Waals surface area contributed by atoms with E-state index in [0.717, 1.165) is 10.8 Å². The lowest BCUT2D eigenvalue weighted by Gasteiger charge is -2.31. The molecule has 11 atom stereocenters. The molecule has 2 aliphatic rings. The van der Waals surface area contributed by atoms with Crippen LogP contribution >= 0.6 is 11.6 Å². The van der Waals surface area contributed by atoms with Crippen LogP contribution in [0.5, 0.6) is 0 Å². The van der Waals surface area contributed by atoms with Crippen molar-refractivity contribution in [1.29, 1.82) is 0 Å². The van der Waals surface area contributed by atoms with Gasteiger partial charge in [-0.3, -0.25) is 72.6 Å². The number of nitrogens with two attached hydrogens (primary N) is 2. The van der Waals surface area contributed by atoms with Crippen LogP contribution in [0, 0.1) is 5.92 Å². The zero-order valence-electron chi connectivity index (χ0n) is 65.9. The number of aliphatic hydroxyl groups excluding tert-OH is 1. The molecule has 35 heteroatoms. The maximum Gasteiger partial charge on any atom is 0.322 e. The average Bonchev–Trinajstić information content (AvgIpc) is 1.81. The summed E-state index contributed by atoms with van der Waals surface area (Å²) in [6.45, 7) is 9.74. The number of nitrogens with zero attached hydrogens (tertiary/aromatic N) is 2. The molecule has 5 aromatic carbocycles. The lowest BCUT2D eigenvalue weighted by molar-refractivity contribution is -0.142. The number of hydrogen-bond donors (Lipinski definition) is 17. The number of benzene rings is 5. The largest absolute Gasteiger partial charge is 0.394 e. The number of hydrogen-bond acceptors (Lipinski definition) is 18. The van der Waals surface area contributed by atoms with Crippen LogP contribution in [0.2, 0.25) is 5.02 Å². The van der Waals surface area contributed by atoms with E-state index in [9.17, 15) is 62.6 Å². The molecule has 0 radical (unpaired) electrons. The Morgan fingerprint density at radius 1 is 0.538 bits per heavy atom. The number of carbonyl (C=O) groups excluding carboxylic acids is 15. The van der Waals surface area contributed by atoms with Gasteiger partial charge in [-0.1, -0.05) is 124 Å². The van der Waals surface area contributed by atoms with E-state index in [2.05, 4.69) is 74.1 Å². The maximum atomic E-state index is 15.5. The normalized spacial score (nSPS) is 16.1. The molecule has 17 amide bonds. The summed E-state index contributed by atoms with van der Waals surface area (Å²) < 4.78 is 0. The molecule has 1 aromatic heterocycles. The number of primary amides is 2. The number of fused-ring (bicyclic) bond motifs is 1. The van der Waals surface area contributed by atoms with Crippen molar-refractivity contribution < 1.29 is 77.0 Å². The second-order valence-corrected chi connectivity index (χ2v) is 30.2. The first-order valence-corrected chi connectivity index (χ1v) is 39.1. The molecule has 117 heavy (non-hydrogen) atoms. The quantitative estimate of drug-likeness (QED) is 0.0242. The monoisotopic (exact) mass is 1630 g/mol. The van der Waals surface area contributed by atoms with Gasteiger partial charge in [0, 0.05) is 80.4 Å². The number of nitrogens with one attached hydrogen (secondary N) is 14. The van der Waals surface area contributed by atoms with Crippen LogP contribution in [0.3, 0.4) is 0 Å². The minimum absolute atomic E-state index is 0.00410. The number of likely N-dealkylation sites (tertiary alicyclic amines) is 1. The van der Waals surface area contributed by atoms with Crippen LogP contribution in [0.15, 0.2) is 140 Å². The van der Waals surface area contributed by atoms with Crippen LogP contribution in [-0.2, 0) is 94.4 Å². The second kappa shape index (κ2) is 43.9. The average molecular weight is 1630 g/mol. The lowest BCUT2D eigenvalue weighted by Crippen LogP contribution is -2.62. The highest BCUT2D eigenvalue weighted by atomic mass is 35.5. The Labute approximate surface area is 681 Å². The van der Waals surface area contributed by atoms with E-state index >= 15 is 14.4 Å². The predicted octanol–water partition coefficient (Wildman–Crippen LogP) is 1.51. The van der Waals surface area contributed by atoms with E-state index in [1.165, 1.54) is 79.7 Å². The molecule has 1 unspecified atom stereocenters. The van der Waals surface area contributed by atoms with E-state index in [-0.39, 0.29) is 86.8 Å². The minimum Gasteiger partial charge on any atom is -0.394 e. The Hall–Kier alpha value is -12.4. The number of carbonyl (C=O) groups is 15. The van der Waals surface area contributed by atoms with Gasteiger partial charge >= 0.3 is 12.1 Å². The highest BCUT2D eigenvalue weighted by Crippen LogP contribution is 2.24. The van der Waals surface area contributed by atoms with Gasteiger partial charge in [-0.25, -0.2) is 9.59 Å². The van der Waals surface area contributed by atoms with Gasteiger partial charge in [0.15, 0.2) is 0 Å². The fraction of sp³-hybridized carbons (Fsp3) is 0.415. The number of aromatic nitrogens is 1. The number of urea groups is 2. The fourth-order valence-electron chi connectivity index (χ4n) is 13.4. The number of amides is 17. The molecule has 2 fully saturated rings. The Balaban J connectivity index is 1.10. The first-order chi connectivity index (χ1) is 55.8. The molecular weight excluding hydrogens is 1530 g/mol. The van der Waals surface area contributed by atoms with Gasteiger partial charge in [-0.2, -0.15) is 0 Å². The third-order valence-electron chi connectivity index (χ3n) is 19.4. The number of unbranched alkanes of at least 4 members (excludes halogenated alkanes) is 1. The molecule has 2 saturated heterocycles. The van der Waals surface area contributed by atoms with E-state index in [1.807, 2.05) is 61.6 Å². The summed E-state index contributed by atoms with van der Waals surface area (Å²) in [4.78, 5) is 213. The molecule has 0 saturated carbocycles. The molecule has 2 aliphatic heterocycles. The molecule has 8 rings (SSSR count). The van der Waals surface area contributed by atoms with Gasteiger partial charge < -0.3 is 90.6 Å². The van der Waals surface area contributed by atoms with Crippen LogP contribution < -0.4 is 85.9 Å². The summed E-state index contributed by atoms with van der Waals surface area (Å²) in [6.07, 6.45) is 3.04. The van der Waals surface area contributed by atoms with Gasteiger partial charge in [-0.15, -0.1) is 0 Å². The van der Waals surface area contributed by atoms with Crippen molar-refractivity contribution >= 4 is 123 Å².